The summed E-state index contributed by atoms with van der Waals surface area (Å²) in [5.74, 6) is -0.437. The summed E-state index contributed by atoms with van der Waals surface area (Å²) in [6.07, 6.45) is 0. The standard InChI is InChI=1S/C14H17FN2O2S2/c1-9-8-20-13(7-16-3)14(9)21(18,19)17-12-6-4-5-11(15)10(12)2/h4-6,8,16-17H,7H2,1-3H3. The molecule has 0 aliphatic carbocycles. The Hall–Kier alpha value is -1.44. The van der Waals surface area contributed by atoms with Crippen LogP contribution in [0, 0.1) is 19.7 Å². The SMILES string of the molecule is CNCc1scc(C)c1S(=O)(=O)Nc1cccc(F)c1C. The molecule has 1 aromatic heterocycles. The molecule has 2 rings (SSSR count). The number of rotatable bonds is 5. The van der Waals surface area contributed by atoms with Crippen molar-refractivity contribution in [3.8, 4) is 0 Å². The van der Waals surface area contributed by atoms with Crippen LogP contribution >= 0.6 is 11.3 Å². The molecule has 1 aromatic carbocycles. The third-order valence-corrected chi connectivity index (χ3v) is 5.94. The van der Waals surface area contributed by atoms with Crippen LogP contribution in [0.4, 0.5) is 10.1 Å². The quantitative estimate of drug-likeness (QED) is 0.887. The molecular weight excluding hydrogens is 311 g/mol. The normalized spacial score (nSPS) is 11.6. The zero-order valence-electron chi connectivity index (χ0n) is 12.0. The minimum absolute atomic E-state index is 0.260. The highest BCUT2D eigenvalue weighted by molar-refractivity contribution is 7.93. The van der Waals surface area contributed by atoms with Crippen LogP contribution in [0.25, 0.3) is 0 Å². The molecule has 0 saturated carbocycles. The van der Waals surface area contributed by atoms with Crippen molar-refractivity contribution in [2.75, 3.05) is 11.8 Å². The van der Waals surface area contributed by atoms with Gasteiger partial charge in [-0.3, -0.25) is 4.72 Å². The highest BCUT2D eigenvalue weighted by Gasteiger charge is 2.23. The predicted molar refractivity (Wildman–Crippen MR) is 83.8 cm³/mol. The van der Waals surface area contributed by atoms with Crippen LogP contribution in [0.2, 0.25) is 0 Å². The van der Waals surface area contributed by atoms with Gasteiger partial charge in [-0.1, -0.05) is 6.07 Å². The Morgan fingerprint density at radius 3 is 2.67 bits per heavy atom. The van der Waals surface area contributed by atoms with Crippen LogP contribution in [-0.2, 0) is 16.6 Å². The van der Waals surface area contributed by atoms with E-state index in [2.05, 4.69) is 10.0 Å². The molecule has 21 heavy (non-hydrogen) atoms. The number of nitrogens with one attached hydrogen (secondary N) is 2. The first kappa shape index (κ1) is 15.9. The second-order valence-electron chi connectivity index (χ2n) is 4.72. The molecule has 0 fully saturated rings. The zero-order valence-corrected chi connectivity index (χ0v) is 13.7. The fourth-order valence-electron chi connectivity index (χ4n) is 2.04. The number of halogens is 1. The van der Waals surface area contributed by atoms with E-state index in [0.29, 0.717) is 12.1 Å². The van der Waals surface area contributed by atoms with E-state index < -0.39 is 15.8 Å². The summed E-state index contributed by atoms with van der Waals surface area (Å²) in [4.78, 5) is 1.00. The minimum Gasteiger partial charge on any atom is -0.315 e. The number of hydrogen-bond donors (Lipinski definition) is 2. The van der Waals surface area contributed by atoms with Gasteiger partial charge >= 0.3 is 0 Å². The molecule has 1 heterocycles. The summed E-state index contributed by atoms with van der Waals surface area (Å²) >= 11 is 1.39. The number of aryl methyl sites for hydroxylation is 1. The lowest BCUT2D eigenvalue weighted by Crippen LogP contribution is -2.17. The van der Waals surface area contributed by atoms with E-state index in [0.717, 1.165) is 4.88 Å². The van der Waals surface area contributed by atoms with Crippen molar-refractivity contribution in [3.63, 3.8) is 0 Å². The Morgan fingerprint density at radius 2 is 2.00 bits per heavy atom. The van der Waals surface area contributed by atoms with Crippen molar-refractivity contribution in [1.29, 1.82) is 0 Å². The van der Waals surface area contributed by atoms with Crippen LogP contribution < -0.4 is 10.0 Å². The fourth-order valence-corrected chi connectivity index (χ4v) is 4.99. The maximum absolute atomic E-state index is 13.5. The van der Waals surface area contributed by atoms with Gasteiger partial charge in [-0.25, -0.2) is 12.8 Å². The second-order valence-corrected chi connectivity index (χ2v) is 7.30. The van der Waals surface area contributed by atoms with Gasteiger partial charge in [-0.2, -0.15) is 0 Å². The van der Waals surface area contributed by atoms with Crippen molar-refractivity contribution >= 4 is 27.0 Å². The maximum atomic E-state index is 13.5. The Balaban J connectivity index is 2.44. The second kappa shape index (κ2) is 6.13. The average Bonchev–Trinajstić information content (AvgIpc) is 2.77. The predicted octanol–water partition coefficient (Wildman–Crippen LogP) is 3.02. The topological polar surface area (TPSA) is 58.2 Å². The molecule has 0 aliphatic heterocycles. The highest BCUT2D eigenvalue weighted by Crippen LogP contribution is 2.29. The van der Waals surface area contributed by atoms with Gasteiger partial charge in [0.15, 0.2) is 0 Å². The summed E-state index contributed by atoms with van der Waals surface area (Å²) in [6.45, 7) is 3.77. The first-order valence-corrected chi connectivity index (χ1v) is 8.72. The maximum Gasteiger partial charge on any atom is 0.263 e. The molecule has 2 N–H and O–H groups in total. The van der Waals surface area contributed by atoms with Crippen molar-refractivity contribution in [1.82, 2.24) is 5.32 Å². The molecule has 0 amide bonds. The van der Waals surface area contributed by atoms with Gasteiger partial charge in [0.2, 0.25) is 0 Å². The summed E-state index contributed by atoms with van der Waals surface area (Å²) in [5, 5.41) is 4.76. The summed E-state index contributed by atoms with van der Waals surface area (Å²) in [7, 11) is -1.98. The lowest BCUT2D eigenvalue weighted by Gasteiger charge is -2.12. The molecule has 0 aliphatic rings. The van der Waals surface area contributed by atoms with Crippen molar-refractivity contribution in [3.05, 3.63) is 45.4 Å². The van der Waals surface area contributed by atoms with Gasteiger partial charge in [-0.15, -0.1) is 11.3 Å². The zero-order chi connectivity index (χ0) is 15.6. The van der Waals surface area contributed by atoms with E-state index in [4.69, 9.17) is 0 Å². The molecule has 2 aromatic rings. The van der Waals surface area contributed by atoms with E-state index >= 15 is 0 Å². The van der Waals surface area contributed by atoms with Gasteiger partial charge in [0.1, 0.15) is 10.7 Å². The minimum atomic E-state index is -3.74. The fraction of sp³-hybridized carbons (Fsp3) is 0.286. The summed E-state index contributed by atoms with van der Waals surface area (Å²) in [5.41, 5.74) is 1.23. The Labute approximate surface area is 128 Å². The van der Waals surface area contributed by atoms with Gasteiger partial charge in [0.25, 0.3) is 10.0 Å². The van der Waals surface area contributed by atoms with Gasteiger partial charge in [0.05, 0.1) is 5.69 Å². The van der Waals surface area contributed by atoms with Crippen LogP contribution in [-0.4, -0.2) is 15.5 Å². The lowest BCUT2D eigenvalue weighted by molar-refractivity contribution is 0.599. The molecule has 0 bridgehead atoms. The van der Waals surface area contributed by atoms with Gasteiger partial charge in [0, 0.05) is 17.0 Å². The molecule has 114 valence electrons. The monoisotopic (exact) mass is 328 g/mol. The van der Waals surface area contributed by atoms with E-state index in [1.54, 1.807) is 32.3 Å². The molecule has 4 nitrogen and oxygen atoms in total. The van der Waals surface area contributed by atoms with E-state index in [1.807, 2.05) is 0 Å². The molecule has 7 heteroatoms. The van der Waals surface area contributed by atoms with Crippen molar-refractivity contribution in [2.24, 2.45) is 0 Å². The first-order chi connectivity index (χ1) is 9.86. The Morgan fingerprint density at radius 1 is 1.29 bits per heavy atom. The van der Waals surface area contributed by atoms with Crippen LogP contribution in [0.15, 0.2) is 28.5 Å². The number of thiophene rings is 1. The van der Waals surface area contributed by atoms with E-state index in [1.165, 1.54) is 23.5 Å². The largest absolute Gasteiger partial charge is 0.315 e. The van der Waals surface area contributed by atoms with E-state index in [9.17, 15) is 12.8 Å². The lowest BCUT2D eigenvalue weighted by atomic mass is 10.2. The molecular formula is C14H17FN2O2S2. The Bertz CT molecular complexity index is 754. The van der Waals surface area contributed by atoms with Crippen LogP contribution in [0.5, 0.6) is 0 Å². The number of benzene rings is 1. The van der Waals surface area contributed by atoms with Gasteiger partial charge in [-0.05, 0) is 44.0 Å². The van der Waals surface area contributed by atoms with Gasteiger partial charge < -0.3 is 5.32 Å². The molecule has 0 atom stereocenters. The van der Waals surface area contributed by atoms with Crippen molar-refractivity contribution in [2.45, 2.75) is 25.3 Å². The number of hydrogen-bond acceptors (Lipinski definition) is 4. The number of anilines is 1. The molecule has 0 spiro atoms. The Kier molecular flexibility index (Phi) is 4.65. The third kappa shape index (κ3) is 3.25. The highest BCUT2D eigenvalue weighted by atomic mass is 32.2. The average molecular weight is 328 g/mol. The first-order valence-electron chi connectivity index (χ1n) is 6.36. The van der Waals surface area contributed by atoms with Crippen LogP contribution in [0.1, 0.15) is 16.0 Å². The third-order valence-electron chi connectivity index (χ3n) is 3.11. The molecule has 0 saturated heterocycles. The van der Waals surface area contributed by atoms with E-state index in [-0.39, 0.29) is 16.1 Å². The van der Waals surface area contributed by atoms with Crippen molar-refractivity contribution < 1.29 is 12.8 Å². The summed E-state index contributed by atoms with van der Waals surface area (Å²) < 4.78 is 41.2. The molecule has 0 unspecified atom stereocenters. The number of sulfonamides is 1. The molecule has 0 radical (unpaired) electrons. The smallest absolute Gasteiger partial charge is 0.263 e. The van der Waals surface area contributed by atoms with Crippen LogP contribution in [0.3, 0.4) is 0 Å². The summed E-state index contributed by atoms with van der Waals surface area (Å²) in [6, 6.07) is 4.33.